The van der Waals surface area contributed by atoms with Gasteiger partial charge in [0.25, 0.3) is 0 Å². The highest BCUT2D eigenvalue weighted by atomic mass is 15.3. The maximum absolute atomic E-state index is 4.47. The average molecular weight is 234 g/mol. The summed E-state index contributed by atoms with van der Waals surface area (Å²) in [5, 5.41) is 12.2. The van der Waals surface area contributed by atoms with Gasteiger partial charge in [-0.05, 0) is 45.7 Å². The minimum Gasteiger partial charge on any atom is -0.317 e. The second-order valence-corrected chi connectivity index (χ2v) is 5.44. The van der Waals surface area contributed by atoms with Crippen LogP contribution in [0.15, 0.2) is 0 Å². The molecule has 1 saturated heterocycles. The number of rotatable bonds is 2. The van der Waals surface area contributed by atoms with Gasteiger partial charge in [0.2, 0.25) is 0 Å². The summed E-state index contributed by atoms with van der Waals surface area (Å²) in [7, 11) is 0. The summed E-state index contributed by atoms with van der Waals surface area (Å²) >= 11 is 0. The zero-order valence-corrected chi connectivity index (χ0v) is 10.7. The maximum Gasteiger partial charge on any atom is 0.136 e. The highest BCUT2D eigenvalue weighted by molar-refractivity contribution is 5.05. The van der Waals surface area contributed by atoms with Gasteiger partial charge in [-0.3, -0.25) is 0 Å². The van der Waals surface area contributed by atoms with E-state index in [0.717, 1.165) is 18.9 Å². The molecule has 0 unspecified atom stereocenters. The van der Waals surface area contributed by atoms with Crippen molar-refractivity contribution in [3.8, 4) is 0 Å². The van der Waals surface area contributed by atoms with Gasteiger partial charge in [0.1, 0.15) is 11.6 Å². The second-order valence-electron chi connectivity index (χ2n) is 5.44. The lowest BCUT2D eigenvalue weighted by Gasteiger charge is -2.27. The second kappa shape index (κ2) is 4.77. The van der Waals surface area contributed by atoms with Crippen LogP contribution in [0.5, 0.6) is 0 Å². The molecule has 17 heavy (non-hydrogen) atoms. The van der Waals surface area contributed by atoms with E-state index < -0.39 is 0 Å². The number of hydrogen-bond donors (Lipinski definition) is 1. The van der Waals surface area contributed by atoms with Gasteiger partial charge in [-0.15, -0.1) is 10.2 Å². The summed E-state index contributed by atoms with van der Waals surface area (Å²) in [5.74, 6) is 3.05. The van der Waals surface area contributed by atoms with Crippen molar-refractivity contribution in [3.05, 3.63) is 11.6 Å². The van der Waals surface area contributed by atoms with Crippen molar-refractivity contribution in [1.82, 2.24) is 20.1 Å². The summed E-state index contributed by atoms with van der Waals surface area (Å²) in [4.78, 5) is 0. The fourth-order valence-corrected chi connectivity index (χ4v) is 3.36. The molecule has 4 heteroatoms. The van der Waals surface area contributed by atoms with Crippen molar-refractivity contribution in [3.63, 3.8) is 0 Å². The first-order valence-electron chi connectivity index (χ1n) is 6.98. The van der Waals surface area contributed by atoms with E-state index in [2.05, 4.69) is 27.0 Å². The molecule has 1 N–H and O–H groups in total. The summed E-state index contributed by atoms with van der Waals surface area (Å²) in [6.07, 6.45) is 7.79. The van der Waals surface area contributed by atoms with Crippen molar-refractivity contribution < 1.29 is 0 Å². The largest absolute Gasteiger partial charge is 0.317 e. The van der Waals surface area contributed by atoms with E-state index in [4.69, 9.17) is 0 Å². The number of piperidine rings is 1. The molecule has 0 bridgehead atoms. The Kier molecular flexibility index (Phi) is 3.14. The monoisotopic (exact) mass is 234 g/mol. The van der Waals surface area contributed by atoms with E-state index >= 15 is 0 Å². The van der Waals surface area contributed by atoms with Crippen LogP contribution in [0.1, 0.15) is 62.1 Å². The third kappa shape index (κ3) is 2.10. The normalized spacial score (nSPS) is 23.4. The van der Waals surface area contributed by atoms with Crippen LogP contribution in [-0.2, 0) is 0 Å². The fourth-order valence-electron chi connectivity index (χ4n) is 3.36. The Morgan fingerprint density at radius 3 is 2.47 bits per heavy atom. The third-order valence-electron chi connectivity index (χ3n) is 4.29. The van der Waals surface area contributed by atoms with Crippen LogP contribution in [0.4, 0.5) is 0 Å². The minimum atomic E-state index is 0.627. The van der Waals surface area contributed by atoms with Gasteiger partial charge in [0.15, 0.2) is 0 Å². The number of aromatic nitrogens is 3. The molecule has 0 aromatic carbocycles. The van der Waals surface area contributed by atoms with Crippen molar-refractivity contribution in [2.24, 2.45) is 0 Å². The van der Waals surface area contributed by atoms with Crippen LogP contribution in [0.2, 0.25) is 0 Å². The van der Waals surface area contributed by atoms with Gasteiger partial charge in [-0.1, -0.05) is 12.8 Å². The molecular formula is C13H22N4. The molecule has 1 aromatic heterocycles. The first kappa shape index (κ1) is 11.2. The molecule has 0 spiro atoms. The van der Waals surface area contributed by atoms with Crippen LogP contribution in [-0.4, -0.2) is 27.9 Å². The Morgan fingerprint density at radius 1 is 1.06 bits per heavy atom. The molecule has 2 aliphatic rings. The number of nitrogens with one attached hydrogen (secondary N) is 1. The maximum atomic E-state index is 4.47. The molecule has 3 rings (SSSR count). The molecule has 0 amide bonds. The Morgan fingerprint density at radius 2 is 1.76 bits per heavy atom. The fraction of sp³-hybridized carbons (Fsp3) is 0.846. The smallest absolute Gasteiger partial charge is 0.136 e. The van der Waals surface area contributed by atoms with Crippen molar-refractivity contribution in [2.45, 2.75) is 57.4 Å². The molecule has 2 fully saturated rings. The summed E-state index contributed by atoms with van der Waals surface area (Å²) in [6.45, 7) is 4.37. The first-order chi connectivity index (χ1) is 8.36. The third-order valence-corrected chi connectivity index (χ3v) is 4.29. The van der Waals surface area contributed by atoms with Crippen LogP contribution >= 0.6 is 0 Å². The van der Waals surface area contributed by atoms with Crippen LogP contribution in [0.3, 0.4) is 0 Å². The van der Waals surface area contributed by atoms with E-state index in [9.17, 15) is 0 Å². The molecule has 1 aromatic rings. The van der Waals surface area contributed by atoms with Gasteiger partial charge < -0.3 is 9.88 Å². The van der Waals surface area contributed by atoms with Crippen molar-refractivity contribution in [1.29, 1.82) is 0 Å². The molecule has 0 atom stereocenters. The standard InChI is InChI=1S/C13H22N4/c1-10-15-16-13(11-4-2-3-5-11)17(10)12-6-8-14-9-7-12/h11-12,14H,2-9H2,1H3. The molecule has 4 nitrogen and oxygen atoms in total. The Hall–Kier alpha value is -0.900. The van der Waals surface area contributed by atoms with E-state index in [-0.39, 0.29) is 0 Å². The summed E-state index contributed by atoms with van der Waals surface area (Å²) in [5.41, 5.74) is 0. The van der Waals surface area contributed by atoms with Gasteiger partial charge in [-0.2, -0.15) is 0 Å². The Bertz CT molecular complexity index is 373. The average Bonchev–Trinajstić information content (AvgIpc) is 2.98. The zero-order valence-electron chi connectivity index (χ0n) is 10.7. The van der Waals surface area contributed by atoms with Crippen LogP contribution in [0, 0.1) is 6.92 Å². The predicted octanol–water partition coefficient (Wildman–Crippen LogP) is 2.17. The van der Waals surface area contributed by atoms with E-state index in [1.807, 2.05) is 0 Å². The first-order valence-corrected chi connectivity index (χ1v) is 6.98. The quantitative estimate of drug-likeness (QED) is 0.852. The minimum absolute atomic E-state index is 0.627. The molecule has 0 radical (unpaired) electrons. The molecule has 94 valence electrons. The topological polar surface area (TPSA) is 42.7 Å². The SMILES string of the molecule is Cc1nnc(C2CCCC2)n1C1CCNCC1. The Balaban J connectivity index is 1.88. The highest BCUT2D eigenvalue weighted by Crippen LogP contribution is 2.35. The molecule has 1 saturated carbocycles. The molecule has 1 aliphatic heterocycles. The van der Waals surface area contributed by atoms with Crippen LogP contribution in [0.25, 0.3) is 0 Å². The number of hydrogen-bond acceptors (Lipinski definition) is 3. The van der Waals surface area contributed by atoms with E-state index in [0.29, 0.717) is 12.0 Å². The lowest BCUT2D eigenvalue weighted by molar-refractivity contribution is 0.349. The van der Waals surface area contributed by atoms with E-state index in [1.54, 1.807) is 0 Å². The molecule has 2 heterocycles. The lowest BCUT2D eigenvalue weighted by Crippen LogP contribution is -2.30. The van der Waals surface area contributed by atoms with Crippen LogP contribution < -0.4 is 5.32 Å². The van der Waals surface area contributed by atoms with Gasteiger partial charge in [0.05, 0.1) is 0 Å². The van der Waals surface area contributed by atoms with Gasteiger partial charge in [-0.25, -0.2) is 0 Å². The molecular weight excluding hydrogens is 212 g/mol. The van der Waals surface area contributed by atoms with E-state index in [1.165, 1.54) is 44.3 Å². The van der Waals surface area contributed by atoms with Gasteiger partial charge >= 0.3 is 0 Å². The Labute approximate surface area is 103 Å². The van der Waals surface area contributed by atoms with Crippen molar-refractivity contribution in [2.75, 3.05) is 13.1 Å². The lowest BCUT2D eigenvalue weighted by atomic mass is 10.0. The molecule has 1 aliphatic carbocycles. The number of nitrogens with zero attached hydrogens (tertiary/aromatic N) is 3. The predicted molar refractivity (Wildman–Crippen MR) is 67.1 cm³/mol. The highest BCUT2D eigenvalue weighted by Gasteiger charge is 2.27. The summed E-state index contributed by atoms with van der Waals surface area (Å²) < 4.78 is 2.44. The summed E-state index contributed by atoms with van der Waals surface area (Å²) in [6, 6.07) is 0.627. The zero-order chi connectivity index (χ0) is 11.7. The number of aryl methyl sites for hydroxylation is 1. The van der Waals surface area contributed by atoms with Crippen molar-refractivity contribution >= 4 is 0 Å². The van der Waals surface area contributed by atoms with Gasteiger partial charge in [0, 0.05) is 12.0 Å².